The number of nitrogens with zero attached hydrogens (tertiary/aromatic N) is 4. The molecule has 1 aromatic carbocycles. The maximum Gasteiger partial charge on any atom is 0.475 e. The van der Waals surface area contributed by atoms with Crippen LogP contribution in [0, 0.1) is 11.3 Å². The van der Waals surface area contributed by atoms with Crippen molar-refractivity contribution in [2.24, 2.45) is 0 Å². The van der Waals surface area contributed by atoms with Gasteiger partial charge in [-0.3, -0.25) is 14.6 Å². The molecule has 3 N–H and O–H groups in total. The van der Waals surface area contributed by atoms with Gasteiger partial charge in [-0.1, -0.05) is 30.3 Å². The molecule has 11 nitrogen and oxygen atoms in total. The smallest absolute Gasteiger partial charge is 0.447 e. The number of hydrogen-bond donors (Lipinski definition) is 3. The lowest BCUT2D eigenvalue weighted by Crippen LogP contribution is -2.59. The summed E-state index contributed by atoms with van der Waals surface area (Å²) in [4.78, 5) is 32.5. The standard InChI is InChI=1S/C29H42BN5O6/c1-29(2,34-14-12-33(13-15-34)25-19-40-20-25)17-23(18-31)27(36)35-11-7-6-10-24(35)21-41-28(37)32-26(30(38)39)16-22-8-4-3-5-9-22/h3-5,8-9,17,24-26,38-39H,6-7,10-16,19-21H2,1-2H3,(H,32,37)/t24-,26+/m1/s1. The molecule has 3 heterocycles. The Morgan fingerprint density at radius 2 is 1.88 bits per heavy atom. The van der Waals surface area contributed by atoms with E-state index in [-0.39, 0.29) is 30.5 Å². The highest BCUT2D eigenvalue weighted by Crippen LogP contribution is 2.25. The molecule has 4 rings (SSSR count). The zero-order valence-corrected chi connectivity index (χ0v) is 24.1. The second-order valence-electron chi connectivity index (χ2n) is 11.6. The Hall–Kier alpha value is -2.95. The Morgan fingerprint density at radius 1 is 1.17 bits per heavy atom. The van der Waals surface area contributed by atoms with Crippen LogP contribution < -0.4 is 5.32 Å². The van der Waals surface area contributed by atoms with E-state index in [9.17, 15) is 24.9 Å². The maximum absolute atomic E-state index is 13.6. The second kappa shape index (κ2) is 14.3. The van der Waals surface area contributed by atoms with Gasteiger partial charge in [0, 0.05) is 38.3 Å². The summed E-state index contributed by atoms with van der Waals surface area (Å²) in [6, 6.07) is 11.4. The number of carbonyl (C=O) groups is 2. The maximum atomic E-state index is 13.6. The molecule has 0 aliphatic carbocycles. The molecule has 3 aliphatic heterocycles. The molecule has 0 bridgehead atoms. The Kier molecular flexibility index (Phi) is 10.8. The van der Waals surface area contributed by atoms with E-state index in [4.69, 9.17) is 9.47 Å². The Labute approximate surface area is 242 Å². The van der Waals surface area contributed by atoms with Crippen LogP contribution in [-0.2, 0) is 20.7 Å². The highest BCUT2D eigenvalue weighted by atomic mass is 16.5. The van der Waals surface area contributed by atoms with Gasteiger partial charge in [-0.05, 0) is 51.2 Å². The summed E-state index contributed by atoms with van der Waals surface area (Å²) in [6.45, 7) is 9.60. The van der Waals surface area contributed by atoms with E-state index in [1.807, 2.05) is 44.2 Å². The highest BCUT2D eigenvalue weighted by molar-refractivity contribution is 6.43. The molecule has 12 heteroatoms. The predicted molar refractivity (Wildman–Crippen MR) is 153 cm³/mol. The number of ether oxygens (including phenoxy) is 2. The summed E-state index contributed by atoms with van der Waals surface area (Å²) in [5.74, 6) is -1.31. The van der Waals surface area contributed by atoms with Crippen molar-refractivity contribution in [2.45, 2.75) is 63.1 Å². The molecule has 2 atom stereocenters. The number of piperazine rings is 1. The van der Waals surface area contributed by atoms with E-state index < -0.39 is 24.7 Å². The highest BCUT2D eigenvalue weighted by Gasteiger charge is 2.36. The fourth-order valence-corrected chi connectivity index (χ4v) is 5.74. The van der Waals surface area contributed by atoms with Gasteiger partial charge in [0.05, 0.1) is 31.2 Å². The fourth-order valence-electron chi connectivity index (χ4n) is 5.74. The zero-order chi connectivity index (χ0) is 29.4. The van der Waals surface area contributed by atoms with Crippen molar-refractivity contribution < 1.29 is 29.1 Å². The Balaban J connectivity index is 1.34. The number of likely N-dealkylation sites (tertiary alicyclic amines) is 1. The molecule has 0 unspecified atom stereocenters. The molecule has 3 saturated heterocycles. The third-order valence-electron chi connectivity index (χ3n) is 8.37. The van der Waals surface area contributed by atoms with Crippen LogP contribution in [0.3, 0.4) is 0 Å². The van der Waals surface area contributed by atoms with Crippen molar-refractivity contribution in [3.63, 3.8) is 0 Å². The molecule has 1 aromatic rings. The average molecular weight is 567 g/mol. The summed E-state index contributed by atoms with van der Waals surface area (Å²) < 4.78 is 10.8. The van der Waals surface area contributed by atoms with E-state index in [0.29, 0.717) is 19.0 Å². The summed E-state index contributed by atoms with van der Waals surface area (Å²) in [6.07, 6.45) is 3.52. The monoisotopic (exact) mass is 567 g/mol. The molecular formula is C29H42BN5O6. The lowest BCUT2D eigenvalue weighted by molar-refractivity contribution is -0.131. The first kappa shape index (κ1) is 31.0. The number of nitriles is 1. The van der Waals surface area contributed by atoms with E-state index >= 15 is 0 Å². The first-order chi connectivity index (χ1) is 19.7. The zero-order valence-electron chi connectivity index (χ0n) is 24.1. The van der Waals surface area contributed by atoms with Crippen LogP contribution in [0.4, 0.5) is 4.79 Å². The number of alkyl carbamates (subject to hydrolysis) is 1. The van der Waals surface area contributed by atoms with Gasteiger partial charge in [-0.25, -0.2) is 4.79 Å². The largest absolute Gasteiger partial charge is 0.475 e. The lowest BCUT2D eigenvalue weighted by Gasteiger charge is -2.46. The van der Waals surface area contributed by atoms with Crippen LogP contribution in [0.25, 0.3) is 0 Å². The van der Waals surface area contributed by atoms with Crippen LogP contribution >= 0.6 is 0 Å². The van der Waals surface area contributed by atoms with Crippen molar-refractivity contribution in [3.8, 4) is 6.07 Å². The van der Waals surface area contributed by atoms with Crippen LogP contribution in [-0.4, -0.2) is 120 Å². The van der Waals surface area contributed by atoms with E-state index in [1.54, 1.807) is 11.0 Å². The van der Waals surface area contributed by atoms with Gasteiger partial charge in [-0.2, -0.15) is 5.26 Å². The normalized spacial score (nSPS) is 21.9. The van der Waals surface area contributed by atoms with E-state index in [1.165, 1.54) is 0 Å². The third kappa shape index (κ3) is 8.30. The minimum atomic E-state index is -1.77. The van der Waals surface area contributed by atoms with Crippen LogP contribution in [0.15, 0.2) is 42.0 Å². The number of rotatable bonds is 10. The van der Waals surface area contributed by atoms with Gasteiger partial charge in [0.15, 0.2) is 0 Å². The number of hydrogen-bond acceptors (Lipinski definition) is 9. The first-order valence-corrected chi connectivity index (χ1v) is 14.5. The predicted octanol–water partition coefficient (Wildman–Crippen LogP) is 0.962. The number of piperidine rings is 1. The number of nitrogens with one attached hydrogen (secondary N) is 1. The van der Waals surface area contributed by atoms with Gasteiger partial charge >= 0.3 is 13.2 Å². The van der Waals surface area contributed by atoms with Gasteiger partial charge in [-0.15, -0.1) is 0 Å². The van der Waals surface area contributed by atoms with Crippen LogP contribution in [0.1, 0.15) is 38.7 Å². The molecule has 0 spiro atoms. The SMILES string of the molecule is CC(C)(C=C(C#N)C(=O)N1CCCC[C@@H]1COC(=O)N[C@@H](Cc1ccccc1)B(O)O)N1CCN(C2COC2)CC1. The van der Waals surface area contributed by atoms with Gasteiger partial charge in [0.1, 0.15) is 18.2 Å². The Bertz CT molecular complexity index is 1100. The molecule has 2 amide bonds. The first-order valence-electron chi connectivity index (χ1n) is 14.5. The summed E-state index contributed by atoms with van der Waals surface area (Å²) >= 11 is 0. The fraction of sp³-hybridized carbons (Fsp3) is 0.621. The molecule has 0 saturated carbocycles. The molecule has 222 valence electrons. The number of amides is 2. The molecule has 41 heavy (non-hydrogen) atoms. The third-order valence-corrected chi connectivity index (χ3v) is 8.37. The van der Waals surface area contributed by atoms with E-state index in [0.717, 1.165) is 57.8 Å². The summed E-state index contributed by atoms with van der Waals surface area (Å²) in [5, 5.41) is 32.0. The average Bonchev–Trinajstić information content (AvgIpc) is 2.94. The van der Waals surface area contributed by atoms with Gasteiger partial charge in [0.25, 0.3) is 5.91 Å². The van der Waals surface area contributed by atoms with Gasteiger partial charge < -0.3 is 29.7 Å². The second-order valence-corrected chi connectivity index (χ2v) is 11.6. The molecule has 0 radical (unpaired) electrons. The topological polar surface area (TPSA) is 139 Å². The molecule has 3 aliphatic rings. The van der Waals surface area contributed by atoms with Crippen LogP contribution in [0.5, 0.6) is 0 Å². The summed E-state index contributed by atoms with van der Waals surface area (Å²) in [5.41, 5.74) is 0.444. The van der Waals surface area contributed by atoms with Crippen molar-refractivity contribution in [3.05, 3.63) is 47.5 Å². The molecule has 0 aromatic heterocycles. The van der Waals surface area contributed by atoms with Crippen LogP contribution in [0.2, 0.25) is 0 Å². The van der Waals surface area contributed by atoms with Crippen molar-refractivity contribution in [1.29, 1.82) is 5.26 Å². The minimum Gasteiger partial charge on any atom is -0.447 e. The number of benzene rings is 1. The number of carbonyl (C=O) groups excluding carboxylic acids is 2. The molecular weight excluding hydrogens is 525 g/mol. The summed E-state index contributed by atoms with van der Waals surface area (Å²) in [7, 11) is -1.77. The quantitative estimate of drug-likeness (QED) is 0.214. The van der Waals surface area contributed by atoms with Crippen molar-refractivity contribution in [2.75, 3.05) is 52.5 Å². The van der Waals surface area contributed by atoms with E-state index in [2.05, 4.69) is 21.2 Å². The van der Waals surface area contributed by atoms with Crippen molar-refractivity contribution >= 4 is 19.1 Å². The minimum absolute atomic E-state index is 0.0495. The Morgan fingerprint density at radius 3 is 2.49 bits per heavy atom. The molecule has 3 fully saturated rings. The lowest BCUT2D eigenvalue weighted by atomic mass is 9.76. The van der Waals surface area contributed by atoms with Crippen molar-refractivity contribution in [1.82, 2.24) is 20.0 Å². The van der Waals surface area contributed by atoms with Gasteiger partial charge in [0.2, 0.25) is 0 Å².